The summed E-state index contributed by atoms with van der Waals surface area (Å²) in [5.74, 6) is 0. The Kier molecular flexibility index (Phi) is 229. The van der Waals surface area contributed by atoms with Crippen molar-refractivity contribution >= 4 is 27.3 Å². The van der Waals surface area contributed by atoms with Crippen LogP contribution in [0.15, 0.2) is 0 Å². The molecule has 0 aliphatic rings. The lowest BCUT2D eigenvalue weighted by Gasteiger charge is -1.79. The Labute approximate surface area is 119 Å². The van der Waals surface area contributed by atoms with Gasteiger partial charge in [-0.1, -0.05) is 40.0 Å². The average Bonchev–Trinajstić information content (AvgIpc) is 2.20. The van der Waals surface area contributed by atoms with Crippen molar-refractivity contribution in [2.24, 2.45) is 0 Å². The maximum absolute atomic E-state index is 8.09. The molecule has 0 heterocycles. The van der Waals surface area contributed by atoms with Crippen molar-refractivity contribution in [3.63, 3.8) is 0 Å². The molecule has 0 rings (SSSR count). The molecule has 0 fully saturated rings. The van der Waals surface area contributed by atoms with Crippen molar-refractivity contribution < 1.29 is 32.3 Å². The van der Waals surface area contributed by atoms with Gasteiger partial charge in [-0.3, -0.25) is 0 Å². The van der Waals surface area contributed by atoms with E-state index in [1.165, 1.54) is 25.2 Å². The van der Waals surface area contributed by atoms with Crippen molar-refractivity contribution in [3.05, 3.63) is 0 Å². The van der Waals surface area contributed by atoms with E-state index in [9.17, 15) is 0 Å². The molecule has 0 radical (unpaired) electrons. The van der Waals surface area contributed by atoms with Crippen molar-refractivity contribution in [1.29, 1.82) is 0 Å². The van der Waals surface area contributed by atoms with E-state index in [1.54, 1.807) is 0 Å². The molecule has 0 saturated heterocycles. The van der Waals surface area contributed by atoms with Crippen LogP contribution in [0, 0.1) is 0 Å². The van der Waals surface area contributed by atoms with Gasteiger partial charge in [0.2, 0.25) is 0 Å². The van der Waals surface area contributed by atoms with Gasteiger partial charge in [-0.15, -0.1) is 18.5 Å². The number of rotatable bonds is 4. The molecule has 0 bridgehead atoms. The highest BCUT2D eigenvalue weighted by atomic mass is 31.1. The molecule has 0 saturated carbocycles. The monoisotopic (exact) mass is 334 g/mol. The molecule has 0 aromatic heterocycles. The zero-order valence-corrected chi connectivity index (χ0v) is 15.2. The van der Waals surface area contributed by atoms with Crippen LogP contribution in [0.25, 0.3) is 0 Å². The van der Waals surface area contributed by atoms with Crippen LogP contribution >= 0.6 is 27.3 Å². The molecular formula is C9H37O6P3. The molecule has 3 atom stereocenters. The lowest BCUT2D eigenvalue weighted by atomic mass is 10.6. The third kappa shape index (κ3) is 172. The first-order valence-corrected chi connectivity index (χ1v) is 7.80. The lowest BCUT2D eigenvalue weighted by molar-refractivity contribution is 0.643. The zero-order valence-electron chi connectivity index (χ0n) is 11.8. The highest BCUT2D eigenvalue weighted by Crippen LogP contribution is 2.00. The van der Waals surface area contributed by atoms with Crippen LogP contribution in [0.2, 0.25) is 0 Å². The summed E-state index contributed by atoms with van der Waals surface area (Å²) in [6.07, 6.45) is 7.12. The molecule has 11 N–H and O–H groups in total. The van der Waals surface area contributed by atoms with E-state index < -0.39 is 0 Å². The first-order chi connectivity index (χ1) is 6.24. The van der Waals surface area contributed by atoms with Crippen molar-refractivity contribution in [2.75, 3.05) is 18.5 Å². The van der Waals surface area contributed by atoms with Gasteiger partial charge in [0, 0.05) is 8.81 Å². The van der Waals surface area contributed by atoms with Gasteiger partial charge in [-0.05, 0) is 18.5 Å². The fourth-order valence-electron chi connectivity index (χ4n) is 0.112. The topological polar surface area (TPSA) is 178 Å². The van der Waals surface area contributed by atoms with Gasteiger partial charge in [-0.25, -0.2) is 0 Å². The fourth-order valence-corrected chi connectivity index (χ4v) is 0.335. The Balaban J connectivity index is -0.0000000123. The van der Waals surface area contributed by atoms with E-state index in [0.29, 0.717) is 0 Å². The molecule has 0 spiro atoms. The number of hydrogen-bond donors (Lipinski definition) is 1. The Morgan fingerprint density at radius 2 is 0.944 bits per heavy atom. The van der Waals surface area contributed by atoms with Gasteiger partial charge in [0.15, 0.2) is 0 Å². The maximum Gasteiger partial charge on any atom is 0.0107 e. The van der Waals surface area contributed by atoms with Gasteiger partial charge in [0.05, 0.1) is 0 Å². The smallest absolute Gasteiger partial charge is 0.0107 e. The van der Waals surface area contributed by atoms with Gasteiger partial charge in [0.25, 0.3) is 0 Å². The second-order valence-corrected chi connectivity index (χ2v) is 4.46. The predicted octanol–water partition coefficient (Wildman–Crippen LogP) is -0.598. The van der Waals surface area contributed by atoms with E-state index in [1.807, 2.05) is 0 Å². The molecule has 9 heteroatoms. The van der Waals surface area contributed by atoms with Gasteiger partial charge < -0.3 is 32.3 Å². The van der Waals surface area contributed by atoms with E-state index in [2.05, 4.69) is 39.3 Å². The van der Waals surface area contributed by atoms with Crippen LogP contribution in [0.1, 0.15) is 40.0 Å². The molecule has 0 aliphatic carbocycles. The maximum atomic E-state index is 8.09. The molecule has 3 unspecified atom stereocenters. The van der Waals surface area contributed by atoms with E-state index in [4.69, 9.17) is 4.89 Å². The molecule has 18 heavy (non-hydrogen) atoms. The Morgan fingerprint density at radius 3 is 0.944 bits per heavy atom. The lowest BCUT2D eigenvalue weighted by Crippen LogP contribution is -1.62. The highest BCUT2D eigenvalue weighted by molar-refractivity contribution is 7.31. The third-order valence-corrected chi connectivity index (χ3v) is 2.82. The summed E-state index contributed by atoms with van der Waals surface area (Å²) in [5.41, 5.74) is 0. The van der Waals surface area contributed by atoms with Crippen LogP contribution in [0.3, 0.4) is 0 Å². The summed E-state index contributed by atoms with van der Waals surface area (Å²) in [5, 5.41) is 0. The Bertz CT molecular complexity index is 55.6. The first kappa shape index (κ1) is 50.8. The molecule has 0 amide bonds. The summed E-state index contributed by atoms with van der Waals surface area (Å²) >= 11 is 0. The quantitative estimate of drug-likeness (QED) is 0.663. The van der Waals surface area contributed by atoms with Gasteiger partial charge in [0.1, 0.15) is 0 Å². The molecule has 0 aromatic rings. The second-order valence-electron chi connectivity index (χ2n) is 2.49. The molecular weight excluding hydrogens is 297 g/mol. The Morgan fingerprint density at radius 1 is 0.722 bits per heavy atom. The summed E-state index contributed by atoms with van der Waals surface area (Å²) in [7, 11) is 5.47. The van der Waals surface area contributed by atoms with Crippen LogP contribution in [0.4, 0.5) is 0 Å². The fraction of sp³-hybridized carbons (Fsp3) is 1.00. The van der Waals surface area contributed by atoms with Crippen molar-refractivity contribution in [3.8, 4) is 0 Å². The average molecular weight is 334 g/mol. The first-order valence-electron chi connectivity index (χ1n) is 5.01. The predicted molar refractivity (Wildman–Crippen MR) is 93.5 cm³/mol. The Hall–Kier alpha value is 1.05. The normalized spacial score (nSPS) is 6.33. The van der Waals surface area contributed by atoms with E-state index in [0.717, 1.165) is 12.6 Å². The third-order valence-electron chi connectivity index (χ3n) is 0.939. The van der Waals surface area contributed by atoms with E-state index >= 15 is 0 Å². The standard InChI is InChI=1S/C3H9OP.2C3H9P.5H2O/c1-2-3-5-4;2*1-2-3-4;;;;;/h4-5H,2-3H2,1H3;2*2-4H2,1H3;5*1H2. The number of hydrogen-bond acceptors (Lipinski definition) is 1. The minimum absolute atomic E-state index is 0. The molecule has 0 aromatic carbocycles. The summed E-state index contributed by atoms with van der Waals surface area (Å²) in [6, 6.07) is 0. The van der Waals surface area contributed by atoms with Crippen LogP contribution in [-0.2, 0) is 0 Å². The largest absolute Gasteiger partial charge is 0.412 e. The van der Waals surface area contributed by atoms with E-state index in [-0.39, 0.29) is 36.2 Å². The minimum atomic E-state index is 0. The summed E-state index contributed by atoms with van der Waals surface area (Å²) in [4.78, 5) is 8.09. The van der Waals surface area contributed by atoms with Crippen LogP contribution in [-0.4, -0.2) is 50.8 Å². The van der Waals surface area contributed by atoms with Crippen LogP contribution in [0.5, 0.6) is 0 Å². The molecule has 0 aliphatic heterocycles. The highest BCUT2D eigenvalue weighted by Gasteiger charge is 1.69. The van der Waals surface area contributed by atoms with Gasteiger partial charge in [-0.2, -0.15) is 0 Å². The van der Waals surface area contributed by atoms with Crippen LogP contribution < -0.4 is 0 Å². The van der Waals surface area contributed by atoms with Gasteiger partial charge >= 0.3 is 0 Å². The summed E-state index contributed by atoms with van der Waals surface area (Å²) < 4.78 is 0. The second kappa shape index (κ2) is 81.0. The summed E-state index contributed by atoms with van der Waals surface area (Å²) in [6.45, 7) is 6.38. The zero-order chi connectivity index (χ0) is 10.9. The minimum Gasteiger partial charge on any atom is -0.412 e. The van der Waals surface area contributed by atoms with Crippen molar-refractivity contribution in [2.45, 2.75) is 40.0 Å². The molecule has 6 nitrogen and oxygen atoms in total. The molecule has 124 valence electrons. The van der Waals surface area contributed by atoms with Crippen molar-refractivity contribution in [1.82, 2.24) is 0 Å². The SMILES string of the molecule is CCCP.CCCP.CCCPO.O.O.O.O.O.